The molecule has 2 nitrogen and oxygen atoms in total. The minimum atomic E-state index is -1.76. The van der Waals surface area contributed by atoms with Gasteiger partial charge in [0.25, 0.3) is 0 Å². The molecule has 0 amide bonds. The van der Waals surface area contributed by atoms with Crippen LogP contribution in [0, 0.1) is 5.92 Å². The Morgan fingerprint density at radius 1 is 1.18 bits per heavy atom. The van der Waals surface area contributed by atoms with Gasteiger partial charge in [0.1, 0.15) is 0 Å². The van der Waals surface area contributed by atoms with Gasteiger partial charge in [-0.05, 0) is 18.5 Å². The highest BCUT2D eigenvalue weighted by Gasteiger charge is 2.29. The molecule has 70 valence electrons. The molecule has 0 aromatic heterocycles. The van der Waals surface area contributed by atoms with Gasteiger partial charge in [-0.2, -0.15) is 0 Å². The van der Waals surface area contributed by atoms with Crippen LogP contribution in [-0.4, -0.2) is 22.8 Å². The molecule has 0 unspecified atom stereocenters. The largest absolute Gasteiger partial charge is 0.398 e. The van der Waals surface area contributed by atoms with Gasteiger partial charge in [0.05, 0.1) is 0 Å². The summed E-state index contributed by atoms with van der Waals surface area (Å²) < 4.78 is 10.6. The van der Waals surface area contributed by atoms with Crippen molar-refractivity contribution in [3.05, 3.63) is 0 Å². The van der Waals surface area contributed by atoms with Crippen LogP contribution in [0.5, 0.6) is 0 Å². The Kier molecular flexibility index (Phi) is 7.63. The van der Waals surface area contributed by atoms with Crippen LogP contribution in [0.25, 0.3) is 0 Å². The quantitative estimate of drug-likeness (QED) is 0.647. The highest BCUT2D eigenvalue weighted by Crippen LogP contribution is 2.16. The molecule has 0 spiro atoms. The first kappa shape index (κ1) is 14.0. The maximum atomic E-state index is 5.31. The van der Waals surface area contributed by atoms with Crippen LogP contribution in [0.15, 0.2) is 0 Å². The highest BCUT2D eigenvalue weighted by atomic mass is 35.5. The summed E-state index contributed by atoms with van der Waals surface area (Å²) in [5, 5.41) is 0. The van der Waals surface area contributed by atoms with Crippen LogP contribution in [0.4, 0.5) is 0 Å². The summed E-state index contributed by atoms with van der Waals surface area (Å²) >= 11 is 0. The van der Waals surface area contributed by atoms with Gasteiger partial charge in [-0.3, -0.25) is 0 Å². The summed E-state index contributed by atoms with van der Waals surface area (Å²) in [7, 11) is 1.71. The molecule has 11 heavy (non-hydrogen) atoms. The lowest BCUT2D eigenvalue weighted by atomic mass is 10.3. The summed E-state index contributed by atoms with van der Waals surface area (Å²) in [5.41, 5.74) is 0. The Balaban J connectivity index is 0. The van der Waals surface area contributed by atoms with E-state index in [1.54, 1.807) is 14.2 Å². The van der Waals surface area contributed by atoms with Gasteiger partial charge in [-0.25, -0.2) is 0 Å². The summed E-state index contributed by atoms with van der Waals surface area (Å²) in [5.74, 6) is 0.663. The van der Waals surface area contributed by atoms with E-state index in [1.165, 1.54) is 0 Å². The van der Waals surface area contributed by atoms with Gasteiger partial charge < -0.3 is 8.85 Å². The average molecular weight is 199 g/mol. The summed E-state index contributed by atoms with van der Waals surface area (Å²) in [6.07, 6.45) is 0. The lowest BCUT2D eigenvalue weighted by Gasteiger charge is -2.24. The summed E-state index contributed by atoms with van der Waals surface area (Å²) in [6, 6.07) is 1.07. The molecule has 0 bridgehead atoms. The van der Waals surface area contributed by atoms with E-state index in [0.29, 0.717) is 5.92 Å². The zero-order valence-electron chi connectivity index (χ0n) is 8.01. The monoisotopic (exact) mass is 198 g/mol. The third kappa shape index (κ3) is 5.67. The summed E-state index contributed by atoms with van der Waals surface area (Å²) in [4.78, 5) is 0. The Morgan fingerprint density at radius 2 is 1.55 bits per heavy atom. The predicted octanol–water partition coefficient (Wildman–Crippen LogP) is 2.43. The van der Waals surface area contributed by atoms with Crippen molar-refractivity contribution in [1.29, 1.82) is 0 Å². The Morgan fingerprint density at radius 3 is 1.64 bits per heavy atom. The van der Waals surface area contributed by atoms with Gasteiger partial charge in [0.15, 0.2) is 0 Å². The first-order valence-corrected chi connectivity index (χ1v) is 6.16. The van der Waals surface area contributed by atoms with E-state index in [1.807, 2.05) is 0 Å². The van der Waals surface area contributed by atoms with Crippen molar-refractivity contribution in [2.45, 2.75) is 26.4 Å². The molecular weight excluding hydrogens is 180 g/mol. The zero-order valence-corrected chi connectivity index (χ0v) is 9.83. The van der Waals surface area contributed by atoms with E-state index < -0.39 is 8.56 Å². The van der Waals surface area contributed by atoms with Crippen molar-refractivity contribution in [2.24, 2.45) is 5.92 Å². The van der Waals surface area contributed by atoms with E-state index >= 15 is 0 Å². The molecule has 0 aliphatic carbocycles. The lowest BCUT2D eigenvalue weighted by Crippen LogP contribution is -2.37. The summed E-state index contributed by atoms with van der Waals surface area (Å²) in [6.45, 7) is 6.46. The van der Waals surface area contributed by atoms with Gasteiger partial charge in [-0.1, -0.05) is 13.8 Å². The van der Waals surface area contributed by atoms with Gasteiger partial charge >= 0.3 is 8.56 Å². The van der Waals surface area contributed by atoms with Crippen molar-refractivity contribution in [3.8, 4) is 0 Å². The number of rotatable bonds is 4. The average Bonchev–Trinajstić information content (AvgIpc) is 1.87. The molecule has 0 radical (unpaired) electrons. The number of hydrogen-bond acceptors (Lipinski definition) is 2. The van der Waals surface area contributed by atoms with Gasteiger partial charge in [0, 0.05) is 14.2 Å². The van der Waals surface area contributed by atoms with E-state index in [4.69, 9.17) is 8.85 Å². The Labute approximate surface area is 76.9 Å². The molecule has 0 saturated carbocycles. The fourth-order valence-electron chi connectivity index (χ4n) is 0.992. The third-order valence-corrected chi connectivity index (χ3v) is 4.93. The molecule has 0 aromatic carbocycles. The van der Waals surface area contributed by atoms with Crippen molar-refractivity contribution < 1.29 is 8.85 Å². The molecule has 0 aromatic rings. The fraction of sp³-hybridized carbons (Fsp3) is 1.00. The van der Waals surface area contributed by atoms with Crippen LogP contribution in [0.3, 0.4) is 0 Å². The molecule has 0 N–H and O–H groups in total. The van der Waals surface area contributed by atoms with Crippen LogP contribution < -0.4 is 0 Å². The normalized spacial score (nSPS) is 11.5. The molecule has 0 atom stereocenters. The van der Waals surface area contributed by atoms with Crippen molar-refractivity contribution in [2.75, 3.05) is 14.2 Å². The molecule has 0 fully saturated rings. The van der Waals surface area contributed by atoms with Crippen LogP contribution in [0.1, 0.15) is 13.8 Å². The lowest BCUT2D eigenvalue weighted by molar-refractivity contribution is 0.244. The van der Waals surface area contributed by atoms with Gasteiger partial charge in [0.2, 0.25) is 0 Å². The number of halogens is 1. The van der Waals surface area contributed by atoms with Crippen molar-refractivity contribution >= 4 is 21.0 Å². The maximum Gasteiger partial charge on any atom is 0.334 e. The topological polar surface area (TPSA) is 18.5 Å². The first-order chi connectivity index (χ1) is 4.54. The Bertz CT molecular complexity index is 94.4. The van der Waals surface area contributed by atoms with E-state index in [9.17, 15) is 0 Å². The second-order valence-corrected chi connectivity index (χ2v) is 6.63. The third-order valence-electron chi connectivity index (χ3n) is 1.64. The zero-order chi connectivity index (χ0) is 8.20. The molecule has 0 aliphatic rings. The second-order valence-electron chi connectivity index (χ2n) is 3.14. The fourth-order valence-corrected chi connectivity index (χ4v) is 2.97. The maximum absolute atomic E-state index is 5.31. The molecule has 4 heteroatoms. The molecule has 0 rings (SSSR count). The van der Waals surface area contributed by atoms with Crippen LogP contribution >= 0.6 is 12.4 Å². The Hall–Kier alpha value is 0.427. The van der Waals surface area contributed by atoms with Crippen molar-refractivity contribution in [3.63, 3.8) is 0 Å². The molecule has 0 saturated heterocycles. The minimum Gasteiger partial charge on any atom is -0.398 e. The smallest absolute Gasteiger partial charge is 0.334 e. The molecule has 0 aliphatic heterocycles. The van der Waals surface area contributed by atoms with Crippen LogP contribution in [0.2, 0.25) is 12.6 Å². The molecular formula is C7H19ClO2Si. The molecule has 0 heterocycles. The second kappa shape index (κ2) is 6.00. The SMILES string of the molecule is CO[Si](C)(CC(C)C)OC.Cl. The first-order valence-electron chi connectivity index (χ1n) is 3.64. The van der Waals surface area contributed by atoms with E-state index in [0.717, 1.165) is 6.04 Å². The predicted molar refractivity (Wildman–Crippen MR) is 52.5 cm³/mol. The highest BCUT2D eigenvalue weighted by molar-refractivity contribution is 6.65. The van der Waals surface area contributed by atoms with E-state index in [2.05, 4.69) is 20.4 Å². The minimum absolute atomic E-state index is 0. The van der Waals surface area contributed by atoms with Crippen molar-refractivity contribution in [1.82, 2.24) is 0 Å². The van der Waals surface area contributed by atoms with Crippen LogP contribution in [-0.2, 0) is 8.85 Å². The standard InChI is InChI=1S/C7H18O2Si.ClH/c1-7(2)6-10(5,8-3)9-4;/h7H,6H2,1-5H3;1H. The van der Waals surface area contributed by atoms with E-state index in [-0.39, 0.29) is 12.4 Å². The van der Waals surface area contributed by atoms with Gasteiger partial charge in [-0.15, -0.1) is 12.4 Å². The number of hydrogen-bond donors (Lipinski definition) is 0.